The van der Waals surface area contributed by atoms with Crippen molar-refractivity contribution in [2.45, 2.75) is 51.8 Å². The van der Waals surface area contributed by atoms with E-state index in [0.29, 0.717) is 12.1 Å². The summed E-state index contributed by atoms with van der Waals surface area (Å²) in [6.45, 7) is 4.57. The lowest BCUT2D eigenvalue weighted by molar-refractivity contribution is -0.148. The largest absolute Gasteiger partial charge is 0.479 e. The predicted octanol–water partition coefficient (Wildman–Crippen LogP) is 3.53. The lowest BCUT2D eigenvalue weighted by Gasteiger charge is -2.22. The highest BCUT2D eigenvalue weighted by molar-refractivity contribution is 5.99. The lowest BCUT2D eigenvalue weighted by Crippen LogP contribution is -2.48. The molecule has 0 aliphatic heterocycles. The third-order valence-corrected chi connectivity index (χ3v) is 6.17. The molecule has 2 atom stereocenters. The molecule has 0 aliphatic rings. The van der Waals surface area contributed by atoms with Gasteiger partial charge in [0.25, 0.3) is 5.91 Å². The molecular weight excluding hydrogens is 456 g/mol. The maximum absolute atomic E-state index is 13.3. The van der Waals surface area contributed by atoms with Crippen LogP contribution in [0.3, 0.4) is 0 Å². The number of carbonyl (C=O) groups excluding carboxylic acids is 1. The summed E-state index contributed by atoms with van der Waals surface area (Å²) < 4.78 is 2.10. The number of imidazole rings is 1. The number of benzene rings is 2. The van der Waals surface area contributed by atoms with Gasteiger partial charge in [-0.3, -0.25) is 9.78 Å². The lowest BCUT2D eigenvalue weighted by atomic mass is 10.0. The van der Waals surface area contributed by atoms with E-state index in [1.165, 1.54) is 0 Å². The van der Waals surface area contributed by atoms with Crippen molar-refractivity contribution in [2.24, 2.45) is 0 Å². The van der Waals surface area contributed by atoms with E-state index >= 15 is 0 Å². The minimum atomic E-state index is -1.74. The number of carboxylic acid groups (broad SMARTS) is 1. The average molecular weight is 487 g/mol. The number of aryl methyl sites for hydroxylation is 2. The average Bonchev–Trinajstić information content (AvgIpc) is 3.22. The number of carbonyl (C=O) groups is 2. The fourth-order valence-corrected chi connectivity index (χ4v) is 4.37. The molecule has 0 spiro atoms. The summed E-state index contributed by atoms with van der Waals surface area (Å²) in [4.78, 5) is 33.9. The van der Waals surface area contributed by atoms with E-state index in [-0.39, 0.29) is 6.42 Å². The Morgan fingerprint density at radius 1 is 1.08 bits per heavy atom. The van der Waals surface area contributed by atoms with Gasteiger partial charge in [-0.1, -0.05) is 43.3 Å². The van der Waals surface area contributed by atoms with Gasteiger partial charge in [-0.2, -0.15) is 0 Å². The summed E-state index contributed by atoms with van der Waals surface area (Å²) in [5.74, 6) is -0.908. The number of pyridine rings is 1. The Bertz CT molecular complexity index is 1350. The number of aromatic nitrogens is 3. The van der Waals surface area contributed by atoms with Crippen LogP contribution in [-0.4, -0.2) is 48.8 Å². The van der Waals surface area contributed by atoms with Crippen LogP contribution in [0, 0.1) is 6.92 Å². The van der Waals surface area contributed by atoms with E-state index < -0.39 is 24.0 Å². The van der Waals surface area contributed by atoms with Gasteiger partial charge in [0.2, 0.25) is 0 Å². The SMILES string of the molecule is CCCc1nc2c(C)cc(C(=O)N[C@H](Cc3ccccc3)[C@@H](O)C(=O)O)cc2n1Cc1cccnc1. The first-order chi connectivity index (χ1) is 17.4. The highest BCUT2D eigenvalue weighted by Gasteiger charge is 2.28. The van der Waals surface area contributed by atoms with Gasteiger partial charge in [0, 0.05) is 24.4 Å². The maximum Gasteiger partial charge on any atom is 0.334 e. The van der Waals surface area contributed by atoms with Crippen LogP contribution >= 0.6 is 0 Å². The number of fused-ring (bicyclic) bond motifs is 1. The Kier molecular flexibility index (Phi) is 7.75. The van der Waals surface area contributed by atoms with Gasteiger partial charge in [-0.05, 0) is 54.7 Å². The van der Waals surface area contributed by atoms with Gasteiger partial charge < -0.3 is 20.1 Å². The van der Waals surface area contributed by atoms with Crippen molar-refractivity contribution >= 4 is 22.9 Å². The Balaban J connectivity index is 1.69. The summed E-state index contributed by atoms with van der Waals surface area (Å²) in [5, 5.41) is 22.5. The van der Waals surface area contributed by atoms with Crippen molar-refractivity contribution in [3.05, 3.63) is 95.1 Å². The molecule has 0 unspecified atom stereocenters. The van der Waals surface area contributed by atoms with E-state index in [4.69, 9.17) is 4.98 Å². The summed E-state index contributed by atoms with van der Waals surface area (Å²) in [5.41, 5.74) is 4.71. The molecule has 2 heterocycles. The Labute approximate surface area is 209 Å². The minimum Gasteiger partial charge on any atom is -0.479 e. The summed E-state index contributed by atoms with van der Waals surface area (Å²) in [6, 6.07) is 15.6. The maximum atomic E-state index is 13.3. The first-order valence-corrected chi connectivity index (χ1v) is 12.0. The van der Waals surface area contributed by atoms with E-state index in [9.17, 15) is 19.8 Å². The second-order valence-corrected chi connectivity index (χ2v) is 8.94. The normalized spacial score (nSPS) is 12.9. The van der Waals surface area contributed by atoms with Gasteiger partial charge >= 0.3 is 5.97 Å². The third-order valence-electron chi connectivity index (χ3n) is 6.17. The van der Waals surface area contributed by atoms with Crippen LogP contribution in [0.1, 0.15) is 46.2 Å². The zero-order chi connectivity index (χ0) is 25.7. The van der Waals surface area contributed by atoms with Crippen molar-refractivity contribution in [2.75, 3.05) is 0 Å². The van der Waals surface area contributed by atoms with Crippen LogP contribution in [0.25, 0.3) is 11.0 Å². The molecule has 2 aromatic heterocycles. The number of aliphatic carboxylic acids is 1. The van der Waals surface area contributed by atoms with Gasteiger partial charge in [0.05, 0.1) is 23.6 Å². The summed E-state index contributed by atoms with van der Waals surface area (Å²) >= 11 is 0. The number of aliphatic hydroxyl groups excluding tert-OH is 1. The Morgan fingerprint density at radius 3 is 2.50 bits per heavy atom. The van der Waals surface area contributed by atoms with Crippen molar-refractivity contribution in [1.82, 2.24) is 19.9 Å². The first-order valence-electron chi connectivity index (χ1n) is 12.0. The van der Waals surface area contributed by atoms with Crippen molar-refractivity contribution < 1.29 is 19.8 Å². The molecule has 0 saturated carbocycles. The molecule has 0 radical (unpaired) electrons. The standard InChI is InChI=1S/C28H30N4O4/c1-3-8-24-31-25-18(2)13-21(15-23(25)32(24)17-20-11-7-12-29-16-20)27(34)30-22(26(33)28(35)36)14-19-9-5-4-6-10-19/h4-7,9-13,15-16,22,26,33H,3,8,14,17H2,1-2H3,(H,30,34)(H,35,36)/t22-,26-/m1/s1. The number of rotatable bonds is 10. The number of nitrogens with zero attached hydrogens (tertiary/aromatic N) is 3. The van der Waals surface area contributed by atoms with Crippen LogP contribution in [0.2, 0.25) is 0 Å². The first kappa shape index (κ1) is 25.1. The van der Waals surface area contributed by atoms with Crippen LogP contribution in [0.4, 0.5) is 0 Å². The Morgan fingerprint density at radius 2 is 1.83 bits per heavy atom. The van der Waals surface area contributed by atoms with Crippen LogP contribution in [0.5, 0.6) is 0 Å². The van der Waals surface area contributed by atoms with Crippen LogP contribution in [-0.2, 0) is 24.2 Å². The van der Waals surface area contributed by atoms with E-state index in [2.05, 4.69) is 21.8 Å². The van der Waals surface area contributed by atoms with Gasteiger partial charge in [0.1, 0.15) is 5.82 Å². The number of nitrogens with one attached hydrogen (secondary N) is 1. The number of hydrogen-bond donors (Lipinski definition) is 3. The van der Waals surface area contributed by atoms with Gasteiger partial charge in [-0.25, -0.2) is 9.78 Å². The molecular formula is C28H30N4O4. The number of aliphatic hydroxyl groups is 1. The molecule has 4 rings (SSSR count). The van der Waals surface area contributed by atoms with Crippen molar-refractivity contribution in [3.63, 3.8) is 0 Å². The molecule has 2 aromatic carbocycles. The highest BCUT2D eigenvalue weighted by atomic mass is 16.4. The number of hydrogen-bond acceptors (Lipinski definition) is 5. The summed E-state index contributed by atoms with van der Waals surface area (Å²) in [6.07, 6.45) is 3.70. The van der Waals surface area contributed by atoms with Gasteiger partial charge in [-0.15, -0.1) is 0 Å². The molecule has 8 nitrogen and oxygen atoms in total. The molecule has 8 heteroatoms. The smallest absolute Gasteiger partial charge is 0.334 e. The van der Waals surface area contributed by atoms with E-state index in [1.807, 2.05) is 55.6 Å². The Hall–Kier alpha value is -4.04. The van der Waals surface area contributed by atoms with Crippen LogP contribution < -0.4 is 5.32 Å². The molecule has 4 aromatic rings. The topological polar surface area (TPSA) is 117 Å². The van der Waals surface area contributed by atoms with Gasteiger partial charge in [0.15, 0.2) is 6.10 Å². The minimum absolute atomic E-state index is 0.181. The fraction of sp³-hybridized carbons (Fsp3) is 0.286. The molecule has 1 amide bonds. The molecule has 0 fully saturated rings. The second kappa shape index (κ2) is 11.1. The third kappa shape index (κ3) is 5.60. The van der Waals surface area contributed by atoms with Crippen LogP contribution in [0.15, 0.2) is 67.0 Å². The molecule has 186 valence electrons. The van der Waals surface area contributed by atoms with Crippen molar-refractivity contribution in [3.8, 4) is 0 Å². The molecule has 36 heavy (non-hydrogen) atoms. The molecule has 0 saturated heterocycles. The quantitative estimate of drug-likeness (QED) is 0.316. The fourth-order valence-electron chi connectivity index (χ4n) is 4.37. The highest BCUT2D eigenvalue weighted by Crippen LogP contribution is 2.24. The van der Waals surface area contributed by atoms with E-state index in [0.717, 1.165) is 46.4 Å². The number of carboxylic acids is 1. The van der Waals surface area contributed by atoms with Crippen molar-refractivity contribution in [1.29, 1.82) is 0 Å². The zero-order valence-electron chi connectivity index (χ0n) is 20.4. The molecule has 3 N–H and O–H groups in total. The molecule has 0 bridgehead atoms. The second-order valence-electron chi connectivity index (χ2n) is 8.94. The monoisotopic (exact) mass is 486 g/mol. The molecule has 0 aliphatic carbocycles. The summed E-state index contributed by atoms with van der Waals surface area (Å²) in [7, 11) is 0. The van der Waals surface area contributed by atoms with E-state index in [1.54, 1.807) is 18.3 Å². The zero-order valence-corrected chi connectivity index (χ0v) is 20.4. The predicted molar refractivity (Wildman–Crippen MR) is 137 cm³/mol. The number of amides is 1.